The van der Waals surface area contributed by atoms with Gasteiger partial charge in [0.1, 0.15) is 0 Å². The first kappa shape index (κ1) is 11.4. The van der Waals surface area contributed by atoms with Gasteiger partial charge in [0.2, 0.25) is 0 Å². The zero-order valence-corrected chi connectivity index (χ0v) is 10.9. The summed E-state index contributed by atoms with van der Waals surface area (Å²) < 4.78 is 0. The van der Waals surface area contributed by atoms with E-state index in [2.05, 4.69) is 32.6 Å². The number of hydrogen-bond acceptors (Lipinski definition) is 1. The number of rotatable bonds is 2. The van der Waals surface area contributed by atoms with Gasteiger partial charge in [-0.1, -0.05) is 34.1 Å². The predicted octanol–water partition coefficient (Wildman–Crippen LogP) is 3.69. The molecule has 2 atom stereocenters. The van der Waals surface area contributed by atoms with E-state index in [4.69, 9.17) is 0 Å². The van der Waals surface area contributed by atoms with Crippen molar-refractivity contribution in [3.8, 4) is 0 Å². The average molecular weight is 209 g/mol. The van der Waals surface area contributed by atoms with E-state index in [0.717, 1.165) is 17.9 Å². The Kier molecular flexibility index (Phi) is 3.12. The van der Waals surface area contributed by atoms with Gasteiger partial charge in [0.05, 0.1) is 0 Å². The predicted molar refractivity (Wildman–Crippen MR) is 66.0 cm³/mol. The second-order valence-electron chi connectivity index (χ2n) is 6.26. The summed E-state index contributed by atoms with van der Waals surface area (Å²) in [5.41, 5.74) is 0.577. The van der Waals surface area contributed by atoms with Crippen molar-refractivity contribution in [2.75, 3.05) is 6.54 Å². The van der Waals surface area contributed by atoms with Crippen molar-refractivity contribution < 1.29 is 0 Å². The second kappa shape index (κ2) is 4.08. The van der Waals surface area contributed by atoms with Crippen LogP contribution < -0.4 is 0 Å². The van der Waals surface area contributed by atoms with Crippen molar-refractivity contribution in [3.63, 3.8) is 0 Å². The summed E-state index contributed by atoms with van der Waals surface area (Å²) in [6.45, 7) is 11.0. The van der Waals surface area contributed by atoms with Crippen LogP contribution in [0.1, 0.15) is 59.8 Å². The normalized spacial score (nSPS) is 37.6. The van der Waals surface area contributed by atoms with Crippen molar-refractivity contribution in [3.05, 3.63) is 0 Å². The number of nitrogens with zero attached hydrogens (tertiary/aromatic N) is 1. The Balaban J connectivity index is 2.21. The molecule has 2 aliphatic rings. The molecule has 1 heteroatoms. The molecule has 2 fully saturated rings. The van der Waals surface area contributed by atoms with Gasteiger partial charge in [0.25, 0.3) is 0 Å². The quantitative estimate of drug-likeness (QED) is 0.670. The van der Waals surface area contributed by atoms with Crippen molar-refractivity contribution in [2.45, 2.75) is 71.4 Å². The highest BCUT2D eigenvalue weighted by Gasteiger charge is 2.49. The summed E-state index contributed by atoms with van der Waals surface area (Å²) in [5, 5.41) is 0. The first-order chi connectivity index (χ1) is 7.08. The molecule has 0 saturated carbocycles. The third-order valence-corrected chi connectivity index (χ3v) is 4.95. The largest absolute Gasteiger partial charge is 0.294 e. The monoisotopic (exact) mass is 209 g/mol. The third kappa shape index (κ3) is 1.73. The number of piperidine rings is 1. The molecule has 2 saturated heterocycles. The molecule has 0 aromatic rings. The van der Waals surface area contributed by atoms with Crippen LogP contribution in [0.2, 0.25) is 0 Å². The summed E-state index contributed by atoms with van der Waals surface area (Å²) in [4.78, 5) is 2.88. The van der Waals surface area contributed by atoms with Gasteiger partial charge in [-0.25, -0.2) is 0 Å². The number of hydrogen-bond donors (Lipinski definition) is 0. The first-order valence-electron chi connectivity index (χ1n) is 6.84. The van der Waals surface area contributed by atoms with Crippen LogP contribution in [0.15, 0.2) is 0 Å². The van der Waals surface area contributed by atoms with Crippen LogP contribution >= 0.6 is 0 Å². The molecule has 0 radical (unpaired) electrons. The summed E-state index contributed by atoms with van der Waals surface area (Å²) >= 11 is 0. The van der Waals surface area contributed by atoms with Gasteiger partial charge in [-0.05, 0) is 44.1 Å². The van der Waals surface area contributed by atoms with Gasteiger partial charge in [0.15, 0.2) is 0 Å². The molecule has 0 N–H and O–H groups in total. The van der Waals surface area contributed by atoms with E-state index in [9.17, 15) is 0 Å². The fourth-order valence-electron chi connectivity index (χ4n) is 4.00. The van der Waals surface area contributed by atoms with E-state index in [1.807, 2.05) is 0 Å². The van der Waals surface area contributed by atoms with Crippen molar-refractivity contribution in [2.24, 2.45) is 11.8 Å². The standard InChI is InChI=1S/C14H27N/c1-11(2)13-7-9-14(12(3)4)8-5-6-10-15(13)14/h11-13H,5-10H2,1-4H3. The highest BCUT2D eigenvalue weighted by Crippen LogP contribution is 2.47. The van der Waals surface area contributed by atoms with Crippen LogP contribution in [0.5, 0.6) is 0 Å². The summed E-state index contributed by atoms with van der Waals surface area (Å²) in [7, 11) is 0. The van der Waals surface area contributed by atoms with Crippen LogP contribution in [-0.2, 0) is 0 Å². The van der Waals surface area contributed by atoms with Crippen molar-refractivity contribution in [1.29, 1.82) is 0 Å². The lowest BCUT2D eigenvalue weighted by atomic mass is 9.77. The molecule has 2 rings (SSSR count). The topological polar surface area (TPSA) is 3.24 Å². The van der Waals surface area contributed by atoms with Gasteiger partial charge in [0, 0.05) is 11.6 Å². The minimum atomic E-state index is 0.577. The Morgan fingerprint density at radius 2 is 1.80 bits per heavy atom. The summed E-state index contributed by atoms with van der Waals surface area (Å²) in [6.07, 6.45) is 7.23. The van der Waals surface area contributed by atoms with E-state index in [1.54, 1.807) is 0 Å². The molecule has 0 amide bonds. The molecule has 0 spiro atoms. The maximum absolute atomic E-state index is 2.88. The second-order valence-corrected chi connectivity index (χ2v) is 6.26. The van der Waals surface area contributed by atoms with Crippen molar-refractivity contribution >= 4 is 0 Å². The van der Waals surface area contributed by atoms with Crippen LogP contribution in [0.3, 0.4) is 0 Å². The molecule has 1 nitrogen and oxygen atoms in total. The zero-order chi connectivity index (χ0) is 11.1. The summed E-state index contributed by atoms with van der Waals surface area (Å²) in [5.74, 6) is 1.67. The highest BCUT2D eigenvalue weighted by molar-refractivity contribution is 5.04. The van der Waals surface area contributed by atoms with Gasteiger partial charge < -0.3 is 0 Å². The molecule has 15 heavy (non-hydrogen) atoms. The molecular weight excluding hydrogens is 182 g/mol. The van der Waals surface area contributed by atoms with Crippen molar-refractivity contribution in [1.82, 2.24) is 4.90 Å². The molecule has 0 aromatic carbocycles. The Labute approximate surface area is 95.2 Å². The minimum Gasteiger partial charge on any atom is -0.294 e. The van der Waals surface area contributed by atoms with E-state index < -0.39 is 0 Å². The fraction of sp³-hybridized carbons (Fsp3) is 1.00. The van der Waals surface area contributed by atoms with E-state index in [-0.39, 0.29) is 0 Å². The lowest BCUT2D eigenvalue weighted by Crippen LogP contribution is -2.54. The lowest BCUT2D eigenvalue weighted by Gasteiger charge is -2.48. The van der Waals surface area contributed by atoms with Crippen LogP contribution in [0.25, 0.3) is 0 Å². The molecular formula is C14H27N. The summed E-state index contributed by atoms with van der Waals surface area (Å²) in [6, 6.07) is 0.868. The van der Waals surface area contributed by atoms with Crippen LogP contribution in [-0.4, -0.2) is 23.0 Å². The van der Waals surface area contributed by atoms with Gasteiger partial charge >= 0.3 is 0 Å². The Hall–Kier alpha value is -0.0400. The van der Waals surface area contributed by atoms with Crippen LogP contribution in [0, 0.1) is 11.8 Å². The molecule has 2 unspecified atom stereocenters. The molecule has 0 aliphatic carbocycles. The van der Waals surface area contributed by atoms with Gasteiger partial charge in [-0.15, -0.1) is 0 Å². The highest BCUT2D eigenvalue weighted by atomic mass is 15.3. The zero-order valence-electron chi connectivity index (χ0n) is 10.9. The molecule has 2 aliphatic heterocycles. The molecule has 2 heterocycles. The smallest absolute Gasteiger partial charge is 0.0236 e. The molecule has 88 valence electrons. The minimum absolute atomic E-state index is 0.577. The molecule has 0 aromatic heterocycles. The van der Waals surface area contributed by atoms with Gasteiger partial charge in [-0.3, -0.25) is 4.90 Å². The Morgan fingerprint density at radius 1 is 1.07 bits per heavy atom. The fourth-order valence-corrected chi connectivity index (χ4v) is 4.00. The molecule has 0 bridgehead atoms. The Morgan fingerprint density at radius 3 is 2.40 bits per heavy atom. The Bertz CT molecular complexity index is 221. The average Bonchev–Trinajstić information content (AvgIpc) is 2.57. The van der Waals surface area contributed by atoms with E-state index >= 15 is 0 Å². The maximum atomic E-state index is 2.88. The maximum Gasteiger partial charge on any atom is 0.0236 e. The SMILES string of the molecule is CC(C)C1CCC2(C(C)C)CCCCN12. The van der Waals surface area contributed by atoms with E-state index in [1.165, 1.54) is 38.6 Å². The first-order valence-corrected chi connectivity index (χ1v) is 6.84. The lowest BCUT2D eigenvalue weighted by molar-refractivity contribution is 0.00954. The van der Waals surface area contributed by atoms with E-state index in [0.29, 0.717) is 5.54 Å². The van der Waals surface area contributed by atoms with Crippen LogP contribution in [0.4, 0.5) is 0 Å². The number of fused-ring (bicyclic) bond motifs is 1. The third-order valence-electron chi connectivity index (χ3n) is 4.95. The van der Waals surface area contributed by atoms with Gasteiger partial charge in [-0.2, -0.15) is 0 Å².